The molecule has 1 amide bonds. The summed E-state index contributed by atoms with van der Waals surface area (Å²) >= 11 is 7.33. The van der Waals surface area contributed by atoms with Gasteiger partial charge in [-0.15, -0.1) is 11.3 Å². The van der Waals surface area contributed by atoms with Crippen LogP contribution >= 0.6 is 22.9 Å². The molecule has 1 aromatic carbocycles. The molecule has 1 unspecified atom stereocenters. The van der Waals surface area contributed by atoms with E-state index in [-0.39, 0.29) is 12.5 Å². The minimum absolute atomic E-state index is 0.162. The summed E-state index contributed by atoms with van der Waals surface area (Å²) in [6, 6.07) is 10.7. The zero-order valence-electron chi connectivity index (χ0n) is 10.6. The maximum atomic E-state index is 11.6. The van der Waals surface area contributed by atoms with Crippen LogP contribution < -0.4 is 5.32 Å². The number of amides is 1. The maximum Gasteiger partial charge on any atom is 0.244 e. The van der Waals surface area contributed by atoms with E-state index in [0.29, 0.717) is 5.02 Å². The summed E-state index contributed by atoms with van der Waals surface area (Å²) in [7, 11) is 0. The molecule has 0 saturated heterocycles. The Hall–Kier alpha value is -1.62. The van der Waals surface area contributed by atoms with Gasteiger partial charge < -0.3 is 10.4 Å². The molecule has 2 aromatic rings. The van der Waals surface area contributed by atoms with Crippen molar-refractivity contribution in [2.75, 3.05) is 6.54 Å². The van der Waals surface area contributed by atoms with Crippen LogP contribution in [0, 0.1) is 0 Å². The lowest BCUT2D eigenvalue weighted by molar-refractivity contribution is -0.116. The van der Waals surface area contributed by atoms with E-state index in [0.717, 1.165) is 10.4 Å². The Kier molecular flexibility index (Phi) is 5.35. The summed E-state index contributed by atoms with van der Waals surface area (Å²) in [6.45, 7) is 0.162. The third kappa shape index (κ3) is 4.49. The van der Waals surface area contributed by atoms with E-state index in [9.17, 15) is 9.90 Å². The first-order valence-corrected chi connectivity index (χ1v) is 7.34. The van der Waals surface area contributed by atoms with Gasteiger partial charge in [-0.2, -0.15) is 0 Å². The molecule has 0 saturated carbocycles. The van der Waals surface area contributed by atoms with E-state index >= 15 is 0 Å². The normalized spacial score (nSPS) is 12.5. The number of carbonyl (C=O) groups excluding carboxylic acids is 1. The molecule has 0 aliphatic rings. The summed E-state index contributed by atoms with van der Waals surface area (Å²) in [5.74, 6) is -0.230. The molecule has 0 spiro atoms. The van der Waals surface area contributed by atoms with Gasteiger partial charge in [-0.3, -0.25) is 4.79 Å². The van der Waals surface area contributed by atoms with Gasteiger partial charge in [-0.25, -0.2) is 0 Å². The standard InChI is InChI=1S/C15H14ClNO2S/c16-12-5-3-11(4-6-12)14(18)10-17-15(19)8-7-13-2-1-9-20-13/h1-9,14,18H,10H2,(H,17,19)/b8-7+. The highest BCUT2D eigenvalue weighted by atomic mass is 35.5. The Morgan fingerprint density at radius 2 is 2.10 bits per heavy atom. The van der Waals surface area contributed by atoms with Crippen molar-refractivity contribution in [3.8, 4) is 0 Å². The number of hydrogen-bond donors (Lipinski definition) is 2. The van der Waals surface area contributed by atoms with Gasteiger partial charge in [0.25, 0.3) is 0 Å². The zero-order valence-corrected chi connectivity index (χ0v) is 12.2. The number of halogens is 1. The number of rotatable bonds is 5. The molecule has 1 atom stereocenters. The van der Waals surface area contributed by atoms with E-state index < -0.39 is 6.10 Å². The van der Waals surface area contributed by atoms with Gasteiger partial charge in [0.05, 0.1) is 6.10 Å². The fourth-order valence-corrected chi connectivity index (χ4v) is 2.35. The number of benzene rings is 1. The minimum atomic E-state index is -0.744. The van der Waals surface area contributed by atoms with E-state index in [1.165, 1.54) is 6.08 Å². The SMILES string of the molecule is O=C(/C=C/c1cccs1)NCC(O)c1ccc(Cl)cc1. The molecule has 0 radical (unpaired) electrons. The molecule has 0 aliphatic heterocycles. The maximum absolute atomic E-state index is 11.6. The van der Waals surface area contributed by atoms with Gasteiger partial charge in [-0.05, 0) is 35.2 Å². The lowest BCUT2D eigenvalue weighted by Crippen LogP contribution is -2.26. The number of aliphatic hydroxyl groups is 1. The Balaban J connectivity index is 1.82. The first-order valence-electron chi connectivity index (χ1n) is 6.08. The molecule has 0 bridgehead atoms. The van der Waals surface area contributed by atoms with E-state index in [1.807, 2.05) is 17.5 Å². The monoisotopic (exact) mass is 307 g/mol. The quantitative estimate of drug-likeness (QED) is 0.833. The van der Waals surface area contributed by atoms with Crippen molar-refractivity contribution in [2.45, 2.75) is 6.10 Å². The lowest BCUT2D eigenvalue weighted by atomic mass is 10.1. The largest absolute Gasteiger partial charge is 0.387 e. The third-order valence-electron chi connectivity index (χ3n) is 2.67. The molecule has 0 aliphatic carbocycles. The second kappa shape index (κ2) is 7.24. The molecule has 104 valence electrons. The second-order valence-corrected chi connectivity index (χ2v) is 5.58. The van der Waals surface area contributed by atoms with Crippen molar-refractivity contribution in [3.05, 3.63) is 63.3 Å². The molecule has 0 fully saturated rings. The molecule has 3 nitrogen and oxygen atoms in total. The fraction of sp³-hybridized carbons (Fsp3) is 0.133. The van der Waals surface area contributed by atoms with Crippen LogP contribution in [0.5, 0.6) is 0 Å². The van der Waals surface area contributed by atoms with Gasteiger partial charge in [0.2, 0.25) is 5.91 Å². The number of thiophene rings is 1. The van der Waals surface area contributed by atoms with E-state index in [4.69, 9.17) is 11.6 Å². The summed E-state index contributed by atoms with van der Waals surface area (Å²) in [5.41, 5.74) is 0.719. The van der Waals surface area contributed by atoms with Crippen molar-refractivity contribution < 1.29 is 9.90 Å². The average Bonchev–Trinajstić information content (AvgIpc) is 2.96. The van der Waals surface area contributed by atoms with Crippen LogP contribution in [0.1, 0.15) is 16.5 Å². The van der Waals surface area contributed by atoms with Crippen LogP contribution in [0.2, 0.25) is 5.02 Å². The fourth-order valence-electron chi connectivity index (χ4n) is 1.60. The van der Waals surface area contributed by atoms with E-state index in [1.54, 1.807) is 41.7 Å². The number of aliphatic hydroxyl groups excluding tert-OH is 1. The highest BCUT2D eigenvalue weighted by molar-refractivity contribution is 7.10. The van der Waals surface area contributed by atoms with Gasteiger partial charge >= 0.3 is 0 Å². The summed E-state index contributed by atoms with van der Waals surface area (Å²) in [5, 5.41) is 15.1. The zero-order chi connectivity index (χ0) is 14.4. The Bertz CT molecular complexity index is 578. The molecule has 2 N–H and O–H groups in total. The molecular formula is C15H14ClNO2S. The second-order valence-electron chi connectivity index (χ2n) is 4.16. The van der Waals surface area contributed by atoms with Crippen molar-refractivity contribution in [3.63, 3.8) is 0 Å². The predicted octanol–water partition coefficient (Wildman–Crippen LogP) is 3.26. The number of carbonyl (C=O) groups is 1. The first-order chi connectivity index (χ1) is 9.65. The number of nitrogens with one attached hydrogen (secondary N) is 1. The van der Waals surface area contributed by atoms with Crippen LogP contribution in [0.3, 0.4) is 0 Å². The minimum Gasteiger partial charge on any atom is -0.387 e. The summed E-state index contributed by atoms with van der Waals surface area (Å²) in [4.78, 5) is 12.6. The van der Waals surface area contributed by atoms with E-state index in [2.05, 4.69) is 5.32 Å². The smallest absolute Gasteiger partial charge is 0.244 e. The van der Waals surface area contributed by atoms with Crippen LogP contribution in [0.15, 0.2) is 47.9 Å². The molecule has 2 rings (SSSR count). The Labute approximate surface area is 126 Å². The third-order valence-corrected chi connectivity index (χ3v) is 3.76. The van der Waals surface area contributed by atoms with Crippen LogP contribution in [0.25, 0.3) is 6.08 Å². The Morgan fingerprint density at radius 1 is 1.35 bits per heavy atom. The van der Waals surface area contributed by atoms with Crippen molar-refractivity contribution >= 4 is 34.9 Å². The van der Waals surface area contributed by atoms with Crippen LogP contribution in [0.4, 0.5) is 0 Å². The highest BCUT2D eigenvalue weighted by Crippen LogP contribution is 2.15. The van der Waals surface area contributed by atoms with Crippen LogP contribution in [-0.2, 0) is 4.79 Å². The highest BCUT2D eigenvalue weighted by Gasteiger charge is 2.08. The Morgan fingerprint density at radius 3 is 2.75 bits per heavy atom. The number of hydrogen-bond acceptors (Lipinski definition) is 3. The lowest BCUT2D eigenvalue weighted by Gasteiger charge is -2.11. The van der Waals surface area contributed by atoms with Gasteiger partial charge in [0.1, 0.15) is 0 Å². The average molecular weight is 308 g/mol. The summed E-state index contributed by atoms with van der Waals surface area (Å²) in [6.07, 6.45) is 2.46. The van der Waals surface area contributed by atoms with Gasteiger partial charge in [-0.1, -0.05) is 29.8 Å². The van der Waals surface area contributed by atoms with Crippen LogP contribution in [-0.4, -0.2) is 17.6 Å². The first kappa shape index (κ1) is 14.8. The van der Waals surface area contributed by atoms with Gasteiger partial charge in [0.15, 0.2) is 0 Å². The molecule has 1 heterocycles. The molecule has 20 heavy (non-hydrogen) atoms. The molecule has 1 aromatic heterocycles. The predicted molar refractivity (Wildman–Crippen MR) is 82.8 cm³/mol. The van der Waals surface area contributed by atoms with Crippen molar-refractivity contribution in [2.24, 2.45) is 0 Å². The molecular weight excluding hydrogens is 294 g/mol. The topological polar surface area (TPSA) is 49.3 Å². The van der Waals surface area contributed by atoms with Gasteiger partial charge in [0, 0.05) is 22.5 Å². The summed E-state index contributed by atoms with van der Waals surface area (Å²) < 4.78 is 0. The van der Waals surface area contributed by atoms with Crippen molar-refractivity contribution in [1.82, 2.24) is 5.32 Å². The van der Waals surface area contributed by atoms with Crippen molar-refractivity contribution in [1.29, 1.82) is 0 Å². The molecule has 5 heteroatoms.